The van der Waals surface area contributed by atoms with Crippen LogP contribution in [0.5, 0.6) is 0 Å². The Morgan fingerprint density at radius 3 is 2.80 bits per heavy atom. The van der Waals surface area contributed by atoms with E-state index < -0.39 is 5.82 Å². The van der Waals surface area contributed by atoms with Gasteiger partial charge in [0.15, 0.2) is 6.20 Å². The molecule has 0 aromatic carbocycles. The molecule has 1 heterocycles. The van der Waals surface area contributed by atoms with Gasteiger partial charge in [0.2, 0.25) is 5.82 Å². The van der Waals surface area contributed by atoms with Gasteiger partial charge in [-0.25, -0.2) is 0 Å². The molecule has 54 valence electrons. The zero-order valence-electron chi connectivity index (χ0n) is 5.27. The Labute approximate surface area is 66.0 Å². The molecule has 0 aliphatic rings. The number of hydrogen-bond donors (Lipinski definition) is 0. The van der Waals surface area contributed by atoms with Crippen molar-refractivity contribution in [1.82, 2.24) is 0 Å². The smallest absolute Gasteiger partial charge is 0.295 e. The van der Waals surface area contributed by atoms with E-state index in [0.717, 1.165) is 0 Å². The quantitative estimate of drug-likeness (QED) is 0.359. The minimum Gasteiger partial charge on any atom is -0.618 e. The molecule has 0 N–H and O–H groups in total. The zero-order chi connectivity index (χ0) is 7.72. The van der Waals surface area contributed by atoms with Gasteiger partial charge in [0, 0.05) is 21.5 Å². The van der Waals surface area contributed by atoms with E-state index >= 15 is 0 Å². The van der Waals surface area contributed by atoms with Gasteiger partial charge in [-0.1, -0.05) is 0 Å². The first-order valence-electron chi connectivity index (χ1n) is 2.66. The summed E-state index contributed by atoms with van der Waals surface area (Å²) in [6, 6.07) is 1.29. The van der Waals surface area contributed by atoms with Crippen molar-refractivity contribution in [2.75, 3.05) is 0 Å². The number of aryl methyl sites for hydroxylation is 1. The van der Waals surface area contributed by atoms with E-state index in [9.17, 15) is 9.60 Å². The fourth-order valence-electron chi connectivity index (χ4n) is 0.644. The van der Waals surface area contributed by atoms with Crippen LogP contribution in [0, 0.1) is 17.9 Å². The summed E-state index contributed by atoms with van der Waals surface area (Å²) in [5.74, 6) is -0.532. The molecular weight excluding hydrogens is 201 g/mol. The van der Waals surface area contributed by atoms with E-state index in [-0.39, 0.29) is 4.60 Å². The second kappa shape index (κ2) is 2.54. The van der Waals surface area contributed by atoms with Crippen LogP contribution in [0.15, 0.2) is 16.9 Å². The monoisotopic (exact) mass is 205 g/mol. The molecule has 0 saturated carbocycles. The van der Waals surface area contributed by atoms with Crippen molar-refractivity contribution in [2.45, 2.75) is 6.92 Å². The predicted octanol–water partition coefficient (Wildman–Crippen LogP) is 1.53. The van der Waals surface area contributed by atoms with Gasteiger partial charge in [-0.15, -0.1) is 0 Å². The summed E-state index contributed by atoms with van der Waals surface area (Å²) in [6.07, 6.45) is 1.30. The average Bonchev–Trinajstić information content (AvgIpc) is 1.82. The fraction of sp³-hybridized carbons (Fsp3) is 0.167. The fourth-order valence-corrected chi connectivity index (χ4v) is 0.860. The summed E-state index contributed by atoms with van der Waals surface area (Å²) >= 11 is 2.79. The molecule has 0 saturated heterocycles. The molecule has 1 rings (SSSR count). The summed E-state index contributed by atoms with van der Waals surface area (Å²) < 4.78 is 13.0. The van der Waals surface area contributed by atoms with Crippen molar-refractivity contribution in [3.8, 4) is 0 Å². The van der Waals surface area contributed by atoms with Crippen LogP contribution in [0.1, 0.15) is 5.56 Å². The first kappa shape index (κ1) is 7.47. The molecule has 0 radical (unpaired) electrons. The lowest BCUT2D eigenvalue weighted by Crippen LogP contribution is -2.28. The van der Waals surface area contributed by atoms with Crippen LogP contribution in [0.4, 0.5) is 4.39 Å². The van der Waals surface area contributed by atoms with Crippen LogP contribution in [-0.2, 0) is 0 Å². The molecule has 2 nitrogen and oxygen atoms in total. The average molecular weight is 206 g/mol. The molecule has 0 bridgehead atoms. The highest BCUT2D eigenvalue weighted by molar-refractivity contribution is 9.10. The first-order chi connectivity index (χ1) is 4.61. The van der Waals surface area contributed by atoms with E-state index in [1.807, 2.05) is 0 Å². The molecule has 0 fully saturated rings. The van der Waals surface area contributed by atoms with E-state index in [0.29, 0.717) is 10.3 Å². The Morgan fingerprint density at radius 2 is 2.30 bits per heavy atom. The van der Waals surface area contributed by atoms with Crippen LogP contribution < -0.4 is 4.73 Å². The Balaban J connectivity index is 3.31. The van der Waals surface area contributed by atoms with Gasteiger partial charge in [-0.3, -0.25) is 0 Å². The van der Waals surface area contributed by atoms with Crippen LogP contribution in [0.2, 0.25) is 0 Å². The maximum absolute atomic E-state index is 12.6. The van der Waals surface area contributed by atoms with E-state index in [1.165, 1.54) is 12.3 Å². The highest BCUT2D eigenvalue weighted by Gasteiger charge is 2.08. The van der Waals surface area contributed by atoms with Crippen molar-refractivity contribution in [2.24, 2.45) is 0 Å². The summed E-state index contributed by atoms with van der Waals surface area (Å²) in [7, 11) is 0. The molecule has 10 heavy (non-hydrogen) atoms. The SMILES string of the molecule is Cc1cc(F)c(Br)[n+]([O-])c1. The highest BCUT2D eigenvalue weighted by atomic mass is 79.9. The van der Waals surface area contributed by atoms with Crippen LogP contribution in [0.25, 0.3) is 0 Å². The van der Waals surface area contributed by atoms with E-state index in [4.69, 9.17) is 0 Å². The molecule has 0 aliphatic carbocycles. The summed E-state index contributed by atoms with van der Waals surface area (Å²) in [5, 5.41) is 10.7. The number of rotatable bonds is 0. The molecule has 0 amide bonds. The molecule has 1 aromatic rings. The lowest BCUT2D eigenvalue weighted by Gasteiger charge is -1.99. The number of nitrogens with zero attached hydrogens (tertiary/aromatic N) is 1. The van der Waals surface area contributed by atoms with Crippen molar-refractivity contribution in [3.05, 3.63) is 33.5 Å². The van der Waals surface area contributed by atoms with Crippen molar-refractivity contribution in [1.29, 1.82) is 0 Å². The number of hydrogen-bond acceptors (Lipinski definition) is 1. The molecule has 1 aromatic heterocycles. The Hall–Kier alpha value is -0.640. The second-order valence-corrected chi connectivity index (χ2v) is 2.73. The standard InChI is InChI=1S/C6H5BrFNO/c1-4-2-5(8)6(7)9(10)3-4/h2-3H,1H3. The predicted molar refractivity (Wildman–Crippen MR) is 37.8 cm³/mol. The zero-order valence-corrected chi connectivity index (χ0v) is 6.85. The largest absolute Gasteiger partial charge is 0.618 e. The van der Waals surface area contributed by atoms with Gasteiger partial charge in [0.1, 0.15) is 0 Å². The van der Waals surface area contributed by atoms with Crippen molar-refractivity contribution in [3.63, 3.8) is 0 Å². The Bertz CT molecular complexity index is 241. The van der Waals surface area contributed by atoms with Gasteiger partial charge in [0.25, 0.3) is 4.60 Å². The topological polar surface area (TPSA) is 26.9 Å². The van der Waals surface area contributed by atoms with E-state index in [1.54, 1.807) is 6.92 Å². The first-order valence-corrected chi connectivity index (χ1v) is 3.45. The molecule has 0 aliphatic heterocycles. The lowest BCUT2D eigenvalue weighted by atomic mass is 10.3. The van der Waals surface area contributed by atoms with Gasteiger partial charge in [0.05, 0.1) is 0 Å². The van der Waals surface area contributed by atoms with Crippen molar-refractivity contribution >= 4 is 15.9 Å². The summed E-state index contributed by atoms with van der Waals surface area (Å²) in [4.78, 5) is 0. The maximum atomic E-state index is 12.6. The van der Waals surface area contributed by atoms with Crippen molar-refractivity contribution < 1.29 is 9.12 Å². The van der Waals surface area contributed by atoms with Crippen LogP contribution >= 0.6 is 15.9 Å². The van der Waals surface area contributed by atoms with Crippen LogP contribution in [-0.4, -0.2) is 0 Å². The number of aromatic nitrogens is 1. The highest BCUT2D eigenvalue weighted by Crippen LogP contribution is 2.09. The maximum Gasteiger partial charge on any atom is 0.295 e. The third kappa shape index (κ3) is 1.26. The Kier molecular flexibility index (Phi) is 1.89. The van der Waals surface area contributed by atoms with Gasteiger partial charge in [-0.2, -0.15) is 9.12 Å². The molecular formula is C6H5BrFNO. The Morgan fingerprint density at radius 1 is 1.70 bits per heavy atom. The lowest BCUT2D eigenvalue weighted by molar-refractivity contribution is -0.619. The second-order valence-electron chi connectivity index (χ2n) is 1.98. The normalized spacial score (nSPS) is 9.90. The number of pyridine rings is 1. The molecule has 0 unspecified atom stereocenters. The van der Waals surface area contributed by atoms with Crippen LogP contribution in [0.3, 0.4) is 0 Å². The van der Waals surface area contributed by atoms with Gasteiger partial charge >= 0.3 is 0 Å². The third-order valence-electron chi connectivity index (χ3n) is 1.07. The minimum absolute atomic E-state index is 0.0712. The minimum atomic E-state index is -0.532. The summed E-state index contributed by atoms with van der Waals surface area (Å²) in [6.45, 7) is 1.66. The molecule has 4 heteroatoms. The van der Waals surface area contributed by atoms with Gasteiger partial charge in [-0.05, 0) is 13.0 Å². The third-order valence-corrected chi connectivity index (χ3v) is 1.79. The van der Waals surface area contributed by atoms with Gasteiger partial charge < -0.3 is 5.21 Å². The summed E-state index contributed by atoms with van der Waals surface area (Å²) in [5.41, 5.74) is 0.607. The number of halogens is 2. The van der Waals surface area contributed by atoms with E-state index in [2.05, 4.69) is 15.9 Å². The molecule has 0 atom stereocenters. The molecule has 0 spiro atoms.